The molecule has 0 saturated carbocycles. The summed E-state index contributed by atoms with van der Waals surface area (Å²) in [6.45, 7) is 6.02. The summed E-state index contributed by atoms with van der Waals surface area (Å²) in [4.78, 5) is 28.3. The Labute approximate surface area is 133 Å². The van der Waals surface area contributed by atoms with Crippen LogP contribution in [0.1, 0.15) is 30.9 Å². The van der Waals surface area contributed by atoms with Gasteiger partial charge in [0.15, 0.2) is 4.80 Å². The first-order valence-electron chi connectivity index (χ1n) is 7.21. The number of ether oxygens (including phenoxy) is 1. The van der Waals surface area contributed by atoms with Crippen LogP contribution in [-0.4, -0.2) is 23.6 Å². The molecule has 0 saturated heterocycles. The molecular formula is C16H20N2O3S. The second-order valence-electron chi connectivity index (χ2n) is 5.23. The van der Waals surface area contributed by atoms with E-state index in [1.165, 1.54) is 18.4 Å². The average Bonchev–Trinajstić information content (AvgIpc) is 2.77. The molecule has 0 N–H and O–H groups in total. The van der Waals surface area contributed by atoms with Crippen molar-refractivity contribution in [3.8, 4) is 0 Å². The van der Waals surface area contributed by atoms with Crippen molar-refractivity contribution in [2.24, 2.45) is 4.99 Å². The number of carbonyl (C=O) groups is 2. The number of carbonyl (C=O) groups excluding carboxylic acids is 2. The van der Waals surface area contributed by atoms with Crippen LogP contribution in [-0.2, 0) is 20.9 Å². The molecule has 2 rings (SSSR count). The fourth-order valence-corrected chi connectivity index (χ4v) is 3.42. The summed E-state index contributed by atoms with van der Waals surface area (Å²) in [5.41, 5.74) is 3.13. The molecule has 2 aromatic rings. The summed E-state index contributed by atoms with van der Waals surface area (Å²) in [5, 5.41) is 0. The lowest BCUT2D eigenvalue weighted by atomic mass is 10.1. The molecule has 0 aliphatic heterocycles. The first-order chi connectivity index (χ1) is 10.5. The van der Waals surface area contributed by atoms with Crippen LogP contribution in [0.15, 0.2) is 17.1 Å². The van der Waals surface area contributed by atoms with Crippen LogP contribution < -0.4 is 4.80 Å². The van der Waals surface area contributed by atoms with E-state index in [1.54, 1.807) is 4.57 Å². The first kappa shape index (κ1) is 16.4. The summed E-state index contributed by atoms with van der Waals surface area (Å²) < 4.78 is 7.56. The molecule has 0 radical (unpaired) electrons. The minimum absolute atomic E-state index is 0.0532. The molecule has 22 heavy (non-hydrogen) atoms. The fraction of sp³-hybridized carbons (Fsp3) is 0.438. The minimum Gasteiger partial charge on any atom is -0.468 e. The van der Waals surface area contributed by atoms with Gasteiger partial charge in [0.2, 0.25) is 5.91 Å². The molecule has 118 valence electrons. The number of fused-ring (bicyclic) bond motifs is 1. The molecule has 0 aliphatic rings. The Balaban J connectivity index is 2.68. The molecule has 5 nitrogen and oxygen atoms in total. The van der Waals surface area contributed by atoms with Gasteiger partial charge >= 0.3 is 5.97 Å². The predicted octanol–water partition coefficient (Wildman–Crippen LogP) is 2.72. The Morgan fingerprint density at radius 2 is 2.05 bits per heavy atom. The number of aryl methyl sites for hydroxylation is 2. The Kier molecular flexibility index (Phi) is 5.13. The Morgan fingerprint density at radius 3 is 2.68 bits per heavy atom. The molecule has 6 heteroatoms. The van der Waals surface area contributed by atoms with Gasteiger partial charge in [0.05, 0.1) is 17.3 Å². The van der Waals surface area contributed by atoms with Gasteiger partial charge in [-0.15, -0.1) is 0 Å². The predicted molar refractivity (Wildman–Crippen MR) is 86.8 cm³/mol. The SMILES string of the molecule is CCCC(=O)N=c1sc2c(C)cc(C)cc2n1CC(=O)OC. The normalized spacial score (nSPS) is 11.9. The van der Waals surface area contributed by atoms with E-state index < -0.39 is 0 Å². The van der Waals surface area contributed by atoms with E-state index in [0.717, 1.165) is 27.8 Å². The number of nitrogens with zero attached hydrogens (tertiary/aromatic N) is 2. The lowest BCUT2D eigenvalue weighted by Gasteiger charge is -2.05. The lowest BCUT2D eigenvalue weighted by Crippen LogP contribution is -2.22. The van der Waals surface area contributed by atoms with Crippen molar-refractivity contribution in [1.82, 2.24) is 4.57 Å². The summed E-state index contributed by atoms with van der Waals surface area (Å²) in [5.74, 6) is -0.523. The third kappa shape index (κ3) is 3.44. The van der Waals surface area contributed by atoms with E-state index in [-0.39, 0.29) is 18.4 Å². The highest BCUT2D eigenvalue weighted by Gasteiger charge is 2.13. The smallest absolute Gasteiger partial charge is 0.325 e. The standard InChI is InChI=1S/C16H20N2O3S/c1-5-6-13(19)17-16-18(9-14(20)21-4)12-8-10(2)7-11(3)15(12)22-16/h7-8H,5-6,9H2,1-4H3. The Bertz CT molecular complexity index is 787. The molecule has 0 fully saturated rings. The summed E-state index contributed by atoms with van der Waals surface area (Å²) in [7, 11) is 1.35. The van der Waals surface area contributed by atoms with Crippen molar-refractivity contribution in [3.63, 3.8) is 0 Å². The maximum atomic E-state index is 11.9. The van der Waals surface area contributed by atoms with Crippen molar-refractivity contribution in [3.05, 3.63) is 28.1 Å². The number of hydrogen-bond acceptors (Lipinski definition) is 4. The summed E-state index contributed by atoms with van der Waals surface area (Å²) in [6.07, 6.45) is 1.16. The third-order valence-corrected chi connectivity index (χ3v) is 4.54. The van der Waals surface area contributed by atoms with Gasteiger partial charge in [-0.3, -0.25) is 9.59 Å². The van der Waals surface area contributed by atoms with Crippen molar-refractivity contribution in [2.45, 2.75) is 40.2 Å². The zero-order valence-electron chi connectivity index (χ0n) is 13.3. The number of amides is 1. The van der Waals surface area contributed by atoms with E-state index in [0.29, 0.717) is 11.2 Å². The molecule has 1 amide bonds. The number of methoxy groups -OCH3 is 1. The van der Waals surface area contributed by atoms with Crippen LogP contribution in [0.5, 0.6) is 0 Å². The number of benzene rings is 1. The van der Waals surface area contributed by atoms with E-state index >= 15 is 0 Å². The second-order valence-corrected chi connectivity index (χ2v) is 6.21. The third-order valence-electron chi connectivity index (χ3n) is 3.31. The highest BCUT2D eigenvalue weighted by molar-refractivity contribution is 7.16. The number of thiazole rings is 1. The van der Waals surface area contributed by atoms with Gasteiger partial charge in [0, 0.05) is 6.42 Å². The number of esters is 1. The number of hydrogen-bond donors (Lipinski definition) is 0. The highest BCUT2D eigenvalue weighted by atomic mass is 32.1. The quantitative estimate of drug-likeness (QED) is 0.814. The van der Waals surface area contributed by atoms with Crippen LogP contribution >= 0.6 is 11.3 Å². The molecule has 0 aliphatic carbocycles. The van der Waals surface area contributed by atoms with Gasteiger partial charge in [-0.2, -0.15) is 4.99 Å². The van der Waals surface area contributed by atoms with Gasteiger partial charge in [-0.05, 0) is 37.5 Å². The summed E-state index contributed by atoms with van der Waals surface area (Å²) in [6, 6.07) is 4.09. The van der Waals surface area contributed by atoms with Gasteiger partial charge < -0.3 is 9.30 Å². The molecule has 0 spiro atoms. The van der Waals surface area contributed by atoms with Crippen molar-refractivity contribution in [2.75, 3.05) is 7.11 Å². The van der Waals surface area contributed by atoms with Crippen LogP contribution in [0.25, 0.3) is 10.2 Å². The van der Waals surface area contributed by atoms with Gasteiger partial charge in [0.1, 0.15) is 6.54 Å². The topological polar surface area (TPSA) is 60.7 Å². The monoisotopic (exact) mass is 320 g/mol. The first-order valence-corrected chi connectivity index (χ1v) is 8.02. The molecule has 0 atom stereocenters. The molecule has 1 aromatic heterocycles. The molecular weight excluding hydrogens is 300 g/mol. The summed E-state index contributed by atoms with van der Waals surface area (Å²) >= 11 is 1.43. The van der Waals surface area contributed by atoms with Gasteiger partial charge in [-0.25, -0.2) is 0 Å². The second kappa shape index (κ2) is 6.87. The van der Waals surface area contributed by atoms with Crippen LogP contribution in [0.2, 0.25) is 0 Å². The number of rotatable bonds is 4. The minimum atomic E-state index is -0.358. The zero-order valence-corrected chi connectivity index (χ0v) is 14.1. The lowest BCUT2D eigenvalue weighted by molar-refractivity contribution is -0.141. The van der Waals surface area contributed by atoms with Crippen molar-refractivity contribution < 1.29 is 14.3 Å². The van der Waals surface area contributed by atoms with Crippen molar-refractivity contribution >= 4 is 33.4 Å². The van der Waals surface area contributed by atoms with Crippen LogP contribution in [0.4, 0.5) is 0 Å². The molecule has 1 aromatic carbocycles. The highest BCUT2D eigenvalue weighted by Crippen LogP contribution is 2.23. The number of aromatic nitrogens is 1. The Morgan fingerprint density at radius 1 is 1.32 bits per heavy atom. The van der Waals surface area contributed by atoms with E-state index in [9.17, 15) is 9.59 Å². The average molecular weight is 320 g/mol. The maximum absolute atomic E-state index is 11.9. The van der Waals surface area contributed by atoms with E-state index in [1.807, 2.05) is 26.8 Å². The Hall–Kier alpha value is -1.95. The van der Waals surface area contributed by atoms with Crippen molar-refractivity contribution in [1.29, 1.82) is 0 Å². The van der Waals surface area contributed by atoms with Gasteiger partial charge in [0.25, 0.3) is 0 Å². The van der Waals surface area contributed by atoms with Crippen LogP contribution in [0.3, 0.4) is 0 Å². The van der Waals surface area contributed by atoms with Gasteiger partial charge in [-0.1, -0.05) is 24.3 Å². The zero-order chi connectivity index (χ0) is 16.3. The van der Waals surface area contributed by atoms with Crippen LogP contribution in [0, 0.1) is 13.8 Å². The maximum Gasteiger partial charge on any atom is 0.325 e. The molecule has 1 heterocycles. The molecule has 0 unspecified atom stereocenters. The molecule has 0 bridgehead atoms. The van der Waals surface area contributed by atoms with E-state index in [4.69, 9.17) is 4.74 Å². The largest absolute Gasteiger partial charge is 0.468 e. The fourth-order valence-electron chi connectivity index (χ4n) is 2.32. The van der Waals surface area contributed by atoms with E-state index in [2.05, 4.69) is 11.1 Å².